The molecule has 0 heterocycles. The van der Waals surface area contributed by atoms with Crippen LogP contribution in [-0.2, 0) is 11.2 Å². The van der Waals surface area contributed by atoms with Crippen LogP contribution in [0.4, 0.5) is 5.69 Å². The molecule has 0 radical (unpaired) electrons. The molecule has 4 aromatic rings. The Morgan fingerprint density at radius 3 is 2.53 bits per heavy atom. The summed E-state index contributed by atoms with van der Waals surface area (Å²) in [5.74, 6) is -0.961. The van der Waals surface area contributed by atoms with Crippen LogP contribution in [0, 0.1) is 0 Å². The number of carbonyl (C=O) groups excluding carboxylic acids is 1. The molecule has 170 valence electrons. The second-order valence-corrected chi connectivity index (χ2v) is 8.11. The van der Waals surface area contributed by atoms with Gasteiger partial charge in [0.05, 0.1) is 6.61 Å². The maximum atomic E-state index is 12.8. The van der Waals surface area contributed by atoms with Crippen LogP contribution in [-0.4, -0.2) is 23.6 Å². The Kier molecular flexibility index (Phi) is 7.25. The molecule has 4 aromatic carbocycles. The SMILES string of the molecule is O=C(O)/C=C/c1ccc(C(=O)Nc2cccc(Cl)c2)cc1OCCc1ccc2ccccc2c1. The van der Waals surface area contributed by atoms with E-state index < -0.39 is 5.97 Å². The van der Waals surface area contributed by atoms with Crippen LogP contribution in [0.15, 0.2) is 91.0 Å². The summed E-state index contributed by atoms with van der Waals surface area (Å²) in [5.41, 5.74) is 2.65. The Labute approximate surface area is 202 Å². The Balaban J connectivity index is 1.51. The molecule has 1 amide bonds. The van der Waals surface area contributed by atoms with Crippen LogP contribution in [0.5, 0.6) is 5.75 Å². The first-order valence-electron chi connectivity index (χ1n) is 10.7. The molecule has 4 rings (SSSR count). The van der Waals surface area contributed by atoms with Crippen molar-refractivity contribution >= 4 is 46.0 Å². The Morgan fingerprint density at radius 2 is 1.74 bits per heavy atom. The van der Waals surface area contributed by atoms with E-state index in [0.29, 0.717) is 40.6 Å². The second-order valence-electron chi connectivity index (χ2n) is 7.67. The van der Waals surface area contributed by atoms with Crippen molar-refractivity contribution in [1.29, 1.82) is 0 Å². The molecular formula is C28H22ClNO4. The number of benzene rings is 4. The summed E-state index contributed by atoms with van der Waals surface area (Å²) >= 11 is 5.99. The number of ether oxygens (including phenoxy) is 1. The van der Waals surface area contributed by atoms with Gasteiger partial charge >= 0.3 is 5.97 Å². The van der Waals surface area contributed by atoms with Crippen molar-refractivity contribution in [3.05, 3.63) is 113 Å². The third-order valence-electron chi connectivity index (χ3n) is 5.23. The molecule has 0 aliphatic rings. The van der Waals surface area contributed by atoms with E-state index in [1.165, 1.54) is 11.5 Å². The predicted octanol–water partition coefficient (Wildman–Crippen LogP) is 6.46. The van der Waals surface area contributed by atoms with Crippen molar-refractivity contribution in [2.45, 2.75) is 6.42 Å². The molecule has 0 spiro atoms. The third kappa shape index (κ3) is 6.03. The highest BCUT2D eigenvalue weighted by molar-refractivity contribution is 6.31. The fourth-order valence-electron chi connectivity index (χ4n) is 3.54. The lowest BCUT2D eigenvalue weighted by Gasteiger charge is -2.12. The first kappa shape index (κ1) is 23.1. The molecule has 0 saturated heterocycles. The number of nitrogens with one attached hydrogen (secondary N) is 1. The first-order valence-corrected chi connectivity index (χ1v) is 11.1. The predicted molar refractivity (Wildman–Crippen MR) is 136 cm³/mol. The van der Waals surface area contributed by atoms with Gasteiger partial charge in [-0.2, -0.15) is 0 Å². The largest absolute Gasteiger partial charge is 0.493 e. The quantitative estimate of drug-likeness (QED) is 0.289. The molecule has 0 unspecified atom stereocenters. The van der Waals surface area contributed by atoms with Crippen LogP contribution in [0.25, 0.3) is 16.8 Å². The highest BCUT2D eigenvalue weighted by Gasteiger charge is 2.11. The number of carbonyl (C=O) groups is 2. The number of aliphatic carboxylic acids is 1. The van der Waals surface area contributed by atoms with E-state index in [2.05, 4.69) is 35.6 Å². The number of carboxylic acid groups (broad SMARTS) is 1. The lowest BCUT2D eigenvalue weighted by atomic mass is 10.1. The highest BCUT2D eigenvalue weighted by Crippen LogP contribution is 2.24. The van der Waals surface area contributed by atoms with E-state index in [0.717, 1.165) is 17.0 Å². The van der Waals surface area contributed by atoms with Gasteiger partial charge < -0.3 is 15.2 Å². The van der Waals surface area contributed by atoms with E-state index in [1.807, 2.05) is 12.1 Å². The van der Waals surface area contributed by atoms with Gasteiger partial charge in [0.2, 0.25) is 0 Å². The Morgan fingerprint density at radius 1 is 0.912 bits per heavy atom. The monoisotopic (exact) mass is 471 g/mol. The average Bonchev–Trinajstić information content (AvgIpc) is 2.83. The van der Waals surface area contributed by atoms with E-state index >= 15 is 0 Å². The van der Waals surface area contributed by atoms with E-state index in [1.54, 1.807) is 42.5 Å². The number of amides is 1. The topological polar surface area (TPSA) is 75.6 Å². The highest BCUT2D eigenvalue weighted by atomic mass is 35.5. The van der Waals surface area contributed by atoms with Gasteiger partial charge in [0.25, 0.3) is 5.91 Å². The summed E-state index contributed by atoms with van der Waals surface area (Å²) in [5, 5.41) is 14.7. The molecule has 0 aliphatic carbocycles. The molecule has 6 heteroatoms. The van der Waals surface area contributed by atoms with Gasteiger partial charge in [0.15, 0.2) is 0 Å². The number of hydrogen-bond donors (Lipinski definition) is 2. The zero-order chi connectivity index (χ0) is 23.9. The summed E-state index contributed by atoms with van der Waals surface area (Å²) in [4.78, 5) is 23.7. The smallest absolute Gasteiger partial charge is 0.328 e. The fraction of sp³-hybridized carbons (Fsp3) is 0.0714. The molecule has 5 nitrogen and oxygen atoms in total. The first-order chi connectivity index (χ1) is 16.5. The standard InChI is InChI=1S/C28H22ClNO4/c29-24-6-3-7-25(18-24)30-28(33)23-11-10-21(12-13-27(31)32)26(17-23)34-15-14-19-8-9-20-4-1-2-5-22(20)16-19/h1-13,16-18H,14-15H2,(H,30,33)(H,31,32)/b13-12+. The lowest BCUT2D eigenvalue weighted by Crippen LogP contribution is -2.12. The van der Waals surface area contributed by atoms with E-state index in [4.69, 9.17) is 21.4 Å². The van der Waals surface area contributed by atoms with E-state index in [9.17, 15) is 9.59 Å². The number of hydrogen-bond acceptors (Lipinski definition) is 3. The second kappa shape index (κ2) is 10.7. The number of rotatable bonds is 8. The van der Waals surface area contributed by atoms with Gasteiger partial charge in [-0.3, -0.25) is 4.79 Å². The Hall–Kier alpha value is -4.09. The number of fused-ring (bicyclic) bond motifs is 1. The summed E-state index contributed by atoms with van der Waals surface area (Å²) in [7, 11) is 0. The fourth-order valence-corrected chi connectivity index (χ4v) is 3.73. The van der Waals surface area contributed by atoms with Crippen molar-refractivity contribution in [1.82, 2.24) is 0 Å². The molecule has 0 atom stereocenters. The van der Waals surface area contributed by atoms with Gasteiger partial charge in [-0.15, -0.1) is 0 Å². The minimum absolute atomic E-state index is 0.324. The van der Waals surface area contributed by atoms with Crippen molar-refractivity contribution < 1.29 is 19.4 Å². The maximum absolute atomic E-state index is 12.8. The molecule has 0 aromatic heterocycles. The molecule has 34 heavy (non-hydrogen) atoms. The minimum Gasteiger partial charge on any atom is -0.493 e. The van der Waals surface area contributed by atoms with Crippen LogP contribution < -0.4 is 10.1 Å². The van der Waals surface area contributed by atoms with Crippen molar-refractivity contribution in [2.24, 2.45) is 0 Å². The van der Waals surface area contributed by atoms with Crippen molar-refractivity contribution in [3.8, 4) is 5.75 Å². The van der Waals surface area contributed by atoms with E-state index in [-0.39, 0.29) is 5.91 Å². The summed E-state index contributed by atoms with van der Waals surface area (Å²) in [6, 6.07) is 26.2. The normalized spacial score (nSPS) is 11.0. The van der Waals surface area contributed by atoms with Crippen LogP contribution in [0.1, 0.15) is 21.5 Å². The zero-order valence-corrected chi connectivity index (χ0v) is 19.0. The van der Waals surface area contributed by atoms with Gasteiger partial charge in [-0.05, 0) is 52.7 Å². The minimum atomic E-state index is -1.06. The lowest BCUT2D eigenvalue weighted by molar-refractivity contribution is -0.131. The molecule has 0 aliphatic heterocycles. The van der Waals surface area contributed by atoms with Gasteiger partial charge in [0.1, 0.15) is 5.75 Å². The molecule has 0 saturated carbocycles. The number of halogens is 1. The van der Waals surface area contributed by atoms with Crippen LogP contribution in [0.2, 0.25) is 5.02 Å². The van der Waals surface area contributed by atoms with Gasteiger partial charge in [-0.1, -0.05) is 66.2 Å². The summed E-state index contributed by atoms with van der Waals surface area (Å²) in [6.45, 7) is 0.367. The van der Waals surface area contributed by atoms with Crippen LogP contribution >= 0.6 is 11.6 Å². The molecule has 2 N–H and O–H groups in total. The molecule has 0 fully saturated rings. The number of carboxylic acids is 1. The maximum Gasteiger partial charge on any atom is 0.328 e. The van der Waals surface area contributed by atoms with Crippen molar-refractivity contribution in [2.75, 3.05) is 11.9 Å². The summed E-state index contributed by atoms with van der Waals surface area (Å²) < 4.78 is 6.00. The Bertz CT molecular complexity index is 1380. The van der Waals surface area contributed by atoms with Gasteiger partial charge in [0, 0.05) is 34.3 Å². The zero-order valence-electron chi connectivity index (χ0n) is 18.2. The van der Waals surface area contributed by atoms with Crippen LogP contribution in [0.3, 0.4) is 0 Å². The molecular weight excluding hydrogens is 450 g/mol. The van der Waals surface area contributed by atoms with Crippen molar-refractivity contribution in [3.63, 3.8) is 0 Å². The number of anilines is 1. The molecule has 0 bridgehead atoms. The average molecular weight is 472 g/mol. The third-order valence-corrected chi connectivity index (χ3v) is 5.46. The summed E-state index contributed by atoms with van der Waals surface area (Å²) in [6.07, 6.45) is 3.15. The van der Waals surface area contributed by atoms with Gasteiger partial charge in [-0.25, -0.2) is 4.79 Å².